The number of carbonyl (C=O) groups is 1. The largest absolute Gasteiger partial charge is 0.518 e. The van der Waals surface area contributed by atoms with Gasteiger partial charge in [-0.1, -0.05) is 20.8 Å². The highest BCUT2D eigenvalue weighted by molar-refractivity contribution is 6.75. The zero-order valence-electron chi connectivity index (χ0n) is 11.5. The lowest BCUT2D eigenvalue weighted by molar-refractivity contribution is -0.220. The summed E-state index contributed by atoms with van der Waals surface area (Å²) in [5, 5.41) is -0.301. The highest BCUT2D eigenvalue weighted by Gasteiger charge is 2.56. The SMILES string of the molecule is CC(C)(C(=O)O[Si](C)(C)C(C)(C)C)C(F)(F)F. The first kappa shape index (κ1) is 16.5. The third kappa shape index (κ3) is 3.47. The van der Waals surface area contributed by atoms with Crippen molar-refractivity contribution in [1.82, 2.24) is 0 Å². The molecule has 0 aliphatic carbocycles. The second-order valence-corrected chi connectivity index (χ2v) is 11.0. The lowest BCUT2D eigenvalue weighted by Gasteiger charge is -2.38. The van der Waals surface area contributed by atoms with E-state index < -0.39 is 25.9 Å². The summed E-state index contributed by atoms with van der Waals surface area (Å²) < 4.78 is 43.2. The minimum atomic E-state index is -4.59. The van der Waals surface area contributed by atoms with Crippen LogP contribution < -0.4 is 0 Å². The molecule has 0 unspecified atom stereocenters. The highest BCUT2D eigenvalue weighted by atomic mass is 28.4. The first-order valence-corrected chi connectivity index (χ1v) is 8.34. The van der Waals surface area contributed by atoms with Crippen LogP contribution in [0.15, 0.2) is 0 Å². The Morgan fingerprint density at radius 2 is 1.35 bits per heavy atom. The summed E-state index contributed by atoms with van der Waals surface area (Å²) in [4.78, 5) is 11.7. The van der Waals surface area contributed by atoms with Gasteiger partial charge in [0.25, 0.3) is 8.32 Å². The molecule has 0 rings (SSSR count). The van der Waals surface area contributed by atoms with Crippen molar-refractivity contribution >= 4 is 14.3 Å². The van der Waals surface area contributed by atoms with Gasteiger partial charge < -0.3 is 4.43 Å². The van der Waals surface area contributed by atoms with Crippen molar-refractivity contribution < 1.29 is 22.4 Å². The highest BCUT2D eigenvalue weighted by Crippen LogP contribution is 2.42. The molecule has 0 N–H and O–H groups in total. The molecule has 0 heterocycles. The van der Waals surface area contributed by atoms with Gasteiger partial charge in [-0.2, -0.15) is 13.2 Å². The molecule has 0 spiro atoms. The standard InChI is InChI=1S/C11H21F3O2Si/c1-9(2,3)17(6,7)16-8(15)10(4,5)11(12,13)14/h1-7H3. The molecule has 2 nitrogen and oxygen atoms in total. The first-order chi connectivity index (χ1) is 7.13. The molecule has 0 radical (unpaired) electrons. The Hall–Kier alpha value is -0.523. The zero-order chi connectivity index (χ0) is 14.3. The van der Waals surface area contributed by atoms with Crippen LogP contribution in [0.25, 0.3) is 0 Å². The van der Waals surface area contributed by atoms with Gasteiger partial charge in [0.2, 0.25) is 0 Å². The molecule has 0 aromatic carbocycles. The van der Waals surface area contributed by atoms with E-state index in [1.165, 1.54) is 0 Å². The monoisotopic (exact) mass is 270 g/mol. The minimum Gasteiger partial charge on any atom is -0.518 e. The van der Waals surface area contributed by atoms with Crippen LogP contribution >= 0.6 is 0 Å². The molecular formula is C11H21F3O2Si. The summed E-state index contributed by atoms with van der Waals surface area (Å²) >= 11 is 0. The van der Waals surface area contributed by atoms with E-state index in [2.05, 4.69) is 0 Å². The van der Waals surface area contributed by atoms with Gasteiger partial charge in [-0.25, -0.2) is 0 Å². The van der Waals surface area contributed by atoms with E-state index in [0.29, 0.717) is 0 Å². The van der Waals surface area contributed by atoms with Crippen molar-refractivity contribution in [3.05, 3.63) is 0 Å². The summed E-state index contributed by atoms with van der Waals surface area (Å²) in [7, 11) is -2.51. The average molecular weight is 270 g/mol. The Kier molecular flexibility index (Phi) is 4.16. The van der Waals surface area contributed by atoms with Gasteiger partial charge in [0.05, 0.1) is 0 Å². The summed E-state index contributed by atoms with van der Waals surface area (Å²) in [6.07, 6.45) is -4.59. The van der Waals surface area contributed by atoms with E-state index in [1.54, 1.807) is 13.1 Å². The predicted molar refractivity (Wildman–Crippen MR) is 63.1 cm³/mol. The third-order valence-corrected chi connectivity index (χ3v) is 7.68. The van der Waals surface area contributed by atoms with Crippen LogP contribution in [0, 0.1) is 5.41 Å². The van der Waals surface area contributed by atoms with Gasteiger partial charge in [0.1, 0.15) is 0 Å². The van der Waals surface area contributed by atoms with E-state index in [4.69, 9.17) is 4.43 Å². The minimum absolute atomic E-state index is 0.301. The van der Waals surface area contributed by atoms with Crippen molar-refractivity contribution in [1.29, 1.82) is 0 Å². The predicted octanol–water partition coefficient (Wildman–Crippen LogP) is 4.12. The fourth-order valence-corrected chi connectivity index (χ4v) is 1.65. The average Bonchev–Trinajstić information content (AvgIpc) is 1.98. The quantitative estimate of drug-likeness (QED) is 0.705. The van der Waals surface area contributed by atoms with Crippen LogP contribution in [0.2, 0.25) is 18.1 Å². The van der Waals surface area contributed by atoms with Gasteiger partial charge in [-0.15, -0.1) is 0 Å². The Labute approximate surface area is 102 Å². The van der Waals surface area contributed by atoms with Gasteiger partial charge in [0.15, 0.2) is 5.41 Å². The normalized spacial score (nSPS) is 14.7. The molecule has 0 fully saturated rings. The topological polar surface area (TPSA) is 26.3 Å². The second kappa shape index (κ2) is 4.30. The first-order valence-electron chi connectivity index (χ1n) is 5.43. The lowest BCUT2D eigenvalue weighted by Crippen LogP contribution is -2.49. The lowest BCUT2D eigenvalue weighted by atomic mass is 9.93. The van der Waals surface area contributed by atoms with Gasteiger partial charge in [-0.3, -0.25) is 4.79 Å². The van der Waals surface area contributed by atoms with Crippen LogP contribution in [0.5, 0.6) is 0 Å². The van der Waals surface area contributed by atoms with E-state index >= 15 is 0 Å². The maximum absolute atomic E-state index is 12.7. The maximum atomic E-state index is 12.7. The molecule has 0 amide bonds. The molecule has 0 aliphatic heterocycles. The van der Waals surface area contributed by atoms with Gasteiger partial charge in [0, 0.05) is 0 Å². The van der Waals surface area contributed by atoms with Crippen LogP contribution in [-0.4, -0.2) is 20.5 Å². The van der Waals surface area contributed by atoms with Crippen molar-refractivity contribution in [2.24, 2.45) is 5.41 Å². The summed E-state index contributed by atoms with van der Waals surface area (Å²) in [5.74, 6) is -1.18. The molecular weight excluding hydrogens is 249 g/mol. The number of halogens is 3. The Bertz CT molecular complexity index is 301. The van der Waals surface area contributed by atoms with Crippen molar-refractivity contribution in [2.75, 3.05) is 0 Å². The molecule has 0 aromatic rings. The zero-order valence-corrected chi connectivity index (χ0v) is 12.5. The molecule has 0 bridgehead atoms. The molecule has 6 heteroatoms. The van der Waals surface area contributed by atoms with Crippen LogP contribution in [0.3, 0.4) is 0 Å². The van der Waals surface area contributed by atoms with Gasteiger partial charge >= 0.3 is 12.1 Å². The van der Waals surface area contributed by atoms with Crippen LogP contribution in [0.4, 0.5) is 13.2 Å². The molecule has 0 saturated heterocycles. The van der Waals surface area contributed by atoms with E-state index in [0.717, 1.165) is 13.8 Å². The third-order valence-electron chi connectivity index (χ3n) is 3.37. The summed E-state index contributed by atoms with van der Waals surface area (Å²) in [6.45, 7) is 10.8. The van der Waals surface area contributed by atoms with Gasteiger partial charge in [-0.05, 0) is 32.0 Å². The molecule has 17 heavy (non-hydrogen) atoms. The summed E-state index contributed by atoms with van der Waals surface area (Å²) in [6, 6.07) is 0. The Morgan fingerprint density at radius 1 is 1.00 bits per heavy atom. The van der Waals surface area contributed by atoms with Crippen molar-refractivity contribution in [2.45, 2.75) is 58.9 Å². The molecule has 102 valence electrons. The summed E-state index contributed by atoms with van der Waals surface area (Å²) in [5.41, 5.74) is -2.46. The number of rotatable bonds is 2. The fourth-order valence-electron chi connectivity index (χ4n) is 0.628. The number of hydrogen-bond acceptors (Lipinski definition) is 2. The number of alkyl halides is 3. The van der Waals surface area contributed by atoms with E-state index in [-0.39, 0.29) is 5.04 Å². The Balaban J connectivity index is 5.02. The molecule has 0 aromatic heterocycles. The maximum Gasteiger partial charge on any atom is 0.404 e. The molecule has 0 saturated carbocycles. The van der Waals surface area contributed by atoms with E-state index in [9.17, 15) is 18.0 Å². The number of hydrogen-bond donors (Lipinski definition) is 0. The van der Waals surface area contributed by atoms with Crippen LogP contribution in [0.1, 0.15) is 34.6 Å². The Morgan fingerprint density at radius 3 is 1.59 bits per heavy atom. The smallest absolute Gasteiger partial charge is 0.404 e. The fraction of sp³-hybridized carbons (Fsp3) is 0.909. The molecule has 0 atom stereocenters. The number of carbonyl (C=O) groups excluding carboxylic acids is 1. The van der Waals surface area contributed by atoms with Crippen molar-refractivity contribution in [3.63, 3.8) is 0 Å². The molecule has 0 aliphatic rings. The second-order valence-electron chi connectivity index (χ2n) is 6.27. The van der Waals surface area contributed by atoms with Crippen LogP contribution in [-0.2, 0) is 9.22 Å². The van der Waals surface area contributed by atoms with E-state index in [1.807, 2.05) is 20.8 Å². The van der Waals surface area contributed by atoms with Crippen molar-refractivity contribution in [3.8, 4) is 0 Å².